The van der Waals surface area contributed by atoms with Gasteiger partial charge in [-0.2, -0.15) is 0 Å². The zero-order valence-corrected chi connectivity index (χ0v) is 20.7. The van der Waals surface area contributed by atoms with E-state index in [1.807, 2.05) is 36.4 Å². The minimum absolute atomic E-state index is 0.0445. The predicted octanol–water partition coefficient (Wildman–Crippen LogP) is 7.09. The lowest BCUT2D eigenvalue weighted by atomic mass is 9.81. The molecule has 0 amide bonds. The van der Waals surface area contributed by atoms with Crippen molar-refractivity contribution in [2.45, 2.75) is 49.4 Å². The van der Waals surface area contributed by atoms with Crippen molar-refractivity contribution >= 4 is 34.1 Å². The first-order valence-electron chi connectivity index (χ1n) is 12.0. The van der Waals surface area contributed by atoms with E-state index in [1.54, 1.807) is 0 Å². The minimum Gasteiger partial charge on any atom is -0.384 e. The number of fused-ring (bicyclic) bond motifs is 3. The minimum atomic E-state index is -0.860. The Hall–Kier alpha value is -2.30. The van der Waals surface area contributed by atoms with E-state index >= 15 is 0 Å². The molecule has 2 aliphatic heterocycles. The van der Waals surface area contributed by atoms with Crippen LogP contribution in [-0.4, -0.2) is 26.7 Å². The number of benzene rings is 3. The van der Waals surface area contributed by atoms with Crippen molar-refractivity contribution in [3.8, 4) is 0 Å². The van der Waals surface area contributed by atoms with Crippen molar-refractivity contribution in [2.75, 3.05) is 0 Å². The van der Waals surface area contributed by atoms with E-state index in [1.165, 1.54) is 5.39 Å². The van der Waals surface area contributed by atoms with Gasteiger partial charge in [-0.1, -0.05) is 77.8 Å². The largest absolute Gasteiger partial charge is 0.384 e. The zero-order valence-electron chi connectivity index (χ0n) is 19.2. The summed E-state index contributed by atoms with van der Waals surface area (Å²) >= 11 is 13.5. The van der Waals surface area contributed by atoms with Crippen molar-refractivity contribution in [1.82, 2.24) is 9.47 Å². The molecule has 3 nitrogen and oxygen atoms in total. The van der Waals surface area contributed by atoms with Crippen LogP contribution in [-0.2, 0) is 12.6 Å². The fourth-order valence-electron chi connectivity index (χ4n) is 6.51. The third-order valence-corrected chi connectivity index (χ3v) is 8.64. The maximum Gasteiger partial charge on any atom is 0.107 e. The van der Waals surface area contributed by atoms with E-state index in [4.69, 9.17) is 23.2 Å². The van der Waals surface area contributed by atoms with Crippen LogP contribution >= 0.6 is 23.2 Å². The quantitative estimate of drug-likeness (QED) is 0.330. The molecule has 174 valence electrons. The number of piperidine rings is 1. The van der Waals surface area contributed by atoms with Gasteiger partial charge in [-0.05, 0) is 66.5 Å². The monoisotopic (exact) mass is 490 g/mol. The second kappa shape index (κ2) is 8.42. The molecule has 2 fully saturated rings. The fourth-order valence-corrected chi connectivity index (χ4v) is 6.99. The first kappa shape index (κ1) is 22.2. The van der Waals surface area contributed by atoms with Gasteiger partial charge in [0.25, 0.3) is 0 Å². The SMILES string of the molecule is Cn1c(C2(O)CC3CCC(C2)N3C(c2ccccc2Cl)c2ccccc2Cl)cc2ccccc21. The summed E-state index contributed by atoms with van der Waals surface area (Å²) in [6, 6.07) is 27.1. The van der Waals surface area contributed by atoms with Crippen LogP contribution in [0.1, 0.15) is 48.5 Å². The molecule has 4 aromatic rings. The van der Waals surface area contributed by atoms with Gasteiger partial charge in [-0.15, -0.1) is 0 Å². The lowest BCUT2D eigenvalue weighted by Gasteiger charge is -2.47. The number of para-hydroxylation sites is 1. The summed E-state index contributed by atoms with van der Waals surface area (Å²) in [7, 11) is 2.07. The van der Waals surface area contributed by atoms with Crippen molar-refractivity contribution in [1.29, 1.82) is 0 Å². The Bertz CT molecular complexity index is 1300. The maximum absolute atomic E-state index is 12.1. The smallest absolute Gasteiger partial charge is 0.107 e. The summed E-state index contributed by atoms with van der Waals surface area (Å²) in [6.45, 7) is 0. The number of halogens is 2. The topological polar surface area (TPSA) is 28.4 Å². The van der Waals surface area contributed by atoms with Crippen LogP contribution in [0, 0.1) is 0 Å². The van der Waals surface area contributed by atoms with E-state index in [-0.39, 0.29) is 18.1 Å². The van der Waals surface area contributed by atoms with E-state index in [2.05, 4.69) is 59.0 Å². The van der Waals surface area contributed by atoms with E-state index < -0.39 is 5.60 Å². The molecule has 0 aliphatic carbocycles. The van der Waals surface area contributed by atoms with Crippen LogP contribution in [0.2, 0.25) is 10.0 Å². The van der Waals surface area contributed by atoms with Gasteiger partial charge >= 0.3 is 0 Å². The molecule has 2 atom stereocenters. The first-order valence-corrected chi connectivity index (χ1v) is 12.8. The lowest BCUT2D eigenvalue weighted by Crippen LogP contribution is -2.51. The number of hydrogen-bond acceptors (Lipinski definition) is 2. The lowest BCUT2D eigenvalue weighted by molar-refractivity contribution is -0.0697. The summed E-state index contributed by atoms with van der Waals surface area (Å²) in [5.41, 5.74) is 3.46. The molecule has 2 unspecified atom stereocenters. The first-order chi connectivity index (χ1) is 16.5. The molecule has 3 heterocycles. The Labute approximate surface area is 210 Å². The fraction of sp³-hybridized carbons (Fsp3) is 0.310. The third-order valence-electron chi connectivity index (χ3n) is 7.95. The Morgan fingerprint density at radius 1 is 0.824 bits per heavy atom. The van der Waals surface area contributed by atoms with E-state index in [9.17, 15) is 5.11 Å². The van der Waals surface area contributed by atoms with Gasteiger partial charge in [-0.3, -0.25) is 4.90 Å². The molecule has 0 saturated carbocycles. The summed E-state index contributed by atoms with van der Waals surface area (Å²) < 4.78 is 2.17. The highest BCUT2D eigenvalue weighted by Gasteiger charge is 2.52. The summed E-state index contributed by atoms with van der Waals surface area (Å²) in [5, 5.41) is 14.7. The number of aliphatic hydroxyl groups is 1. The van der Waals surface area contributed by atoms with Crippen LogP contribution in [0.3, 0.4) is 0 Å². The van der Waals surface area contributed by atoms with Gasteiger partial charge in [0.15, 0.2) is 0 Å². The van der Waals surface area contributed by atoms with Gasteiger partial charge < -0.3 is 9.67 Å². The molecule has 1 N–H and O–H groups in total. The number of hydrogen-bond donors (Lipinski definition) is 1. The van der Waals surface area contributed by atoms with Crippen molar-refractivity contribution < 1.29 is 5.11 Å². The van der Waals surface area contributed by atoms with Crippen LogP contribution in [0.4, 0.5) is 0 Å². The Balaban J connectivity index is 1.42. The number of nitrogens with zero attached hydrogens (tertiary/aromatic N) is 2. The third kappa shape index (κ3) is 3.49. The maximum atomic E-state index is 12.1. The molecular formula is C29H28Cl2N2O. The average Bonchev–Trinajstić information content (AvgIpc) is 3.31. The summed E-state index contributed by atoms with van der Waals surface area (Å²) in [6.07, 6.45) is 3.50. The summed E-state index contributed by atoms with van der Waals surface area (Å²) in [5.74, 6) is 0. The number of aromatic nitrogens is 1. The molecule has 2 saturated heterocycles. The van der Waals surface area contributed by atoms with Crippen molar-refractivity contribution in [3.63, 3.8) is 0 Å². The molecule has 1 aromatic heterocycles. The van der Waals surface area contributed by atoms with Gasteiger partial charge in [0.2, 0.25) is 0 Å². The number of aryl methyl sites for hydroxylation is 1. The van der Waals surface area contributed by atoms with Crippen LogP contribution in [0.5, 0.6) is 0 Å². The van der Waals surface area contributed by atoms with Crippen LogP contribution in [0.25, 0.3) is 10.9 Å². The van der Waals surface area contributed by atoms with E-state index in [0.717, 1.165) is 45.2 Å². The molecule has 34 heavy (non-hydrogen) atoms. The molecular weight excluding hydrogens is 463 g/mol. The van der Waals surface area contributed by atoms with Gasteiger partial charge in [0, 0.05) is 34.7 Å². The highest BCUT2D eigenvalue weighted by molar-refractivity contribution is 6.32. The normalized spacial score (nSPS) is 24.9. The molecule has 0 radical (unpaired) electrons. The zero-order chi connectivity index (χ0) is 23.4. The Kier molecular flexibility index (Phi) is 5.50. The second-order valence-electron chi connectivity index (χ2n) is 9.87. The molecule has 0 spiro atoms. The van der Waals surface area contributed by atoms with Crippen LogP contribution < -0.4 is 0 Å². The average molecular weight is 491 g/mol. The number of rotatable bonds is 4. The molecule has 5 heteroatoms. The molecule has 6 rings (SSSR count). The van der Waals surface area contributed by atoms with Gasteiger partial charge in [-0.25, -0.2) is 0 Å². The van der Waals surface area contributed by atoms with Gasteiger partial charge in [0.1, 0.15) is 5.60 Å². The second-order valence-corrected chi connectivity index (χ2v) is 10.7. The standard InChI is InChI=1S/C29H28Cl2N2O/c1-32-26-13-7-2-8-19(26)16-27(32)29(34)17-20-14-15-21(18-29)33(20)28(22-9-3-5-11-24(22)30)23-10-4-6-12-25(23)31/h2-13,16,20-21,28,34H,14-15,17-18H2,1H3. The summed E-state index contributed by atoms with van der Waals surface area (Å²) in [4.78, 5) is 2.58. The molecule has 2 aliphatic rings. The van der Waals surface area contributed by atoms with Gasteiger partial charge in [0.05, 0.1) is 11.7 Å². The van der Waals surface area contributed by atoms with Crippen molar-refractivity contribution in [3.05, 3.63) is 106 Å². The highest BCUT2D eigenvalue weighted by Crippen LogP contribution is 2.52. The highest BCUT2D eigenvalue weighted by atomic mass is 35.5. The Morgan fingerprint density at radius 3 is 1.91 bits per heavy atom. The van der Waals surface area contributed by atoms with E-state index in [0.29, 0.717) is 12.8 Å². The molecule has 2 bridgehead atoms. The van der Waals surface area contributed by atoms with Crippen molar-refractivity contribution in [2.24, 2.45) is 7.05 Å². The predicted molar refractivity (Wildman–Crippen MR) is 139 cm³/mol. The molecule has 3 aromatic carbocycles. The Morgan fingerprint density at radius 2 is 1.35 bits per heavy atom. The van der Waals surface area contributed by atoms with Crippen LogP contribution in [0.15, 0.2) is 78.9 Å².